The zero-order valence-electron chi connectivity index (χ0n) is 12.2. The molecule has 20 heavy (non-hydrogen) atoms. The van der Waals surface area contributed by atoms with Crippen LogP contribution < -0.4 is 11.1 Å². The number of nitrogens with two attached hydrogens (primary N) is 1. The van der Waals surface area contributed by atoms with Crippen LogP contribution in [0.3, 0.4) is 0 Å². The van der Waals surface area contributed by atoms with E-state index >= 15 is 0 Å². The van der Waals surface area contributed by atoms with Crippen molar-refractivity contribution in [3.63, 3.8) is 0 Å². The number of likely N-dealkylation sites (tertiary alicyclic amines) is 1. The molecule has 6 heteroatoms. The summed E-state index contributed by atoms with van der Waals surface area (Å²) in [6, 6.07) is -0.0306. The molecule has 1 aliphatic heterocycles. The molecule has 3 N–H and O–H groups in total. The van der Waals surface area contributed by atoms with Gasteiger partial charge in [-0.25, -0.2) is 0 Å². The molecule has 1 aliphatic carbocycles. The Balaban J connectivity index is 0.00000200. The van der Waals surface area contributed by atoms with Crippen LogP contribution in [0.1, 0.15) is 51.9 Å². The number of hydrogen-bond donors (Lipinski definition) is 2. The van der Waals surface area contributed by atoms with Crippen molar-refractivity contribution in [2.45, 2.75) is 63.5 Å². The Morgan fingerprint density at radius 2 is 2.00 bits per heavy atom. The number of hydrogen-bond acceptors (Lipinski definition) is 3. The topological polar surface area (TPSA) is 75.4 Å². The summed E-state index contributed by atoms with van der Waals surface area (Å²) in [6.07, 6.45) is 6.35. The lowest BCUT2D eigenvalue weighted by Crippen LogP contribution is -2.58. The molecule has 1 atom stereocenters. The van der Waals surface area contributed by atoms with Gasteiger partial charge >= 0.3 is 0 Å². The van der Waals surface area contributed by atoms with Gasteiger partial charge in [0.25, 0.3) is 0 Å². The second-order valence-corrected chi connectivity index (χ2v) is 6.03. The van der Waals surface area contributed by atoms with Gasteiger partial charge in [-0.2, -0.15) is 0 Å². The molecule has 1 saturated carbocycles. The molecule has 0 aromatic heterocycles. The summed E-state index contributed by atoms with van der Waals surface area (Å²) in [4.78, 5) is 25.6. The van der Waals surface area contributed by atoms with Gasteiger partial charge in [0, 0.05) is 25.6 Å². The first-order chi connectivity index (χ1) is 9.01. The first-order valence-electron chi connectivity index (χ1n) is 7.39. The highest BCUT2D eigenvalue weighted by Crippen LogP contribution is 2.26. The van der Waals surface area contributed by atoms with Gasteiger partial charge in [-0.1, -0.05) is 19.3 Å². The standard InChI is InChI=1S/C14H25N3O2.ClH/c1-11(10-17-9-5-6-12(17)18)16-13(19)14(15)7-3-2-4-8-14;/h11H,2-10,15H2,1H3,(H,16,19);1H. The van der Waals surface area contributed by atoms with E-state index in [4.69, 9.17) is 5.73 Å². The highest BCUT2D eigenvalue weighted by atomic mass is 35.5. The number of carbonyl (C=O) groups excluding carboxylic acids is 2. The van der Waals surface area contributed by atoms with E-state index in [9.17, 15) is 9.59 Å². The van der Waals surface area contributed by atoms with Crippen LogP contribution in [0.15, 0.2) is 0 Å². The smallest absolute Gasteiger partial charge is 0.240 e. The fourth-order valence-corrected chi connectivity index (χ4v) is 3.05. The van der Waals surface area contributed by atoms with Crippen molar-refractivity contribution in [1.82, 2.24) is 10.2 Å². The maximum absolute atomic E-state index is 12.2. The third-order valence-electron chi connectivity index (χ3n) is 4.24. The summed E-state index contributed by atoms with van der Waals surface area (Å²) in [5.74, 6) is 0.146. The molecule has 5 nitrogen and oxygen atoms in total. The summed E-state index contributed by atoms with van der Waals surface area (Å²) in [5, 5.41) is 2.98. The van der Waals surface area contributed by atoms with Gasteiger partial charge < -0.3 is 16.0 Å². The summed E-state index contributed by atoms with van der Waals surface area (Å²) >= 11 is 0. The van der Waals surface area contributed by atoms with E-state index in [-0.39, 0.29) is 30.3 Å². The van der Waals surface area contributed by atoms with Crippen molar-refractivity contribution in [2.24, 2.45) is 5.73 Å². The molecular weight excluding hydrogens is 278 g/mol. The number of nitrogens with one attached hydrogen (secondary N) is 1. The first-order valence-corrected chi connectivity index (χ1v) is 7.39. The molecule has 0 radical (unpaired) electrons. The summed E-state index contributed by atoms with van der Waals surface area (Å²) in [7, 11) is 0. The maximum Gasteiger partial charge on any atom is 0.240 e. The third-order valence-corrected chi connectivity index (χ3v) is 4.24. The number of rotatable bonds is 4. The quantitative estimate of drug-likeness (QED) is 0.819. The van der Waals surface area contributed by atoms with Crippen molar-refractivity contribution < 1.29 is 9.59 Å². The number of nitrogens with zero attached hydrogens (tertiary/aromatic N) is 1. The highest BCUT2D eigenvalue weighted by molar-refractivity contribution is 5.86. The van der Waals surface area contributed by atoms with Crippen molar-refractivity contribution in [1.29, 1.82) is 0 Å². The molecule has 0 bridgehead atoms. The average Bonchev–Trinajstić information content (AvgIpc) is 2.76. The monoisotopic (exact) mass is 303 g/mol. The fourth-order valence-electron chi connectivity index (χ4n) is 3.05. The zero-order chi connectivity index (χ0) is 13.9. The molecule has 2 aliphatic rings. The first kappa shape index (κ1) is 17.2. The predicted molar refractivity (Wildman–Crippen MR) is 80.7 cm³/mol. The Morgan fingerprint density at radius 3 is 2.55 bits per heavy atom. The molecule has 2 rings (SSSR count). The minimum absolute atomic E-state index is 0. The molecule has 0 aromatic carbocycles. The third kappa shape index (κ3) is 4.09. The Kier molecular flexibility index (Phi) is 6.27. The summed E-state index contributed by atoms with van der Waals surface area (Å²) in [5.41, 5.74) is 5.50. The maximum atomic E-state index is 12.2. The van der Waals surface area contributed by atoms with Crippen molar-refractivity contribution in [3.05, 3.63) is 0 Å². The largest absolute Gasteiger partial charge is 0.350 e. The van der Waals surface area contributed by atoms with Crippen LogP contribution in [0.2, 0.25) is 0 Å². The van der Waals surface area contributed by atoms with Crippen molar-refractivity contribution in [2.75, 3.05) is 13.1 Å². The number of carbonyl (C=O) groups is 2. The Hall–Kier alpha value is -0.810. The SMILES string of the molecule is CC(CN1CCCC1=O)NC(=O)C1(N)CCCCC1.Cl. The second-order valence-electron chi connectivity index (χ2n) is 6.03. The van der Waals surface area contributed by atoms with E-state index in [2.05, 4.69) is 5.32 Å². The molecule has 1 heterocycles. The van der Waals surface area contributed by atoms with E-state index in [1.807, 2.05) is 11.8 Å². The molecule has 2 fully saturated rings. The predicted octanol–water partition coefficient (Wildman–Crippen LogP) is 1.20. The van der Waals surface area contributed by atoms with Crippen LogP contribution in [0, 0.1) is 0 Å². The van der Waals surface area contributed by atoms with E-state index in [0.717, 1.165) is 38.6 Å². The van der Waals surface area contributed by atoms with Gasteiger partial charge in [0.2, 0.25) is 11.8 Å². The molecular formula is C14H26ClN3O2. The van der Waals surface area contributed by atoms with Gasteiger partial charge in [-0.05, 0) is 26.2 Å². The lowest BCUT2D eigenvalue weighted by molar-refractivity contribution is -0.131. The molecule has 2 amide bonds. The van der Waals surface area contributed by atoms with Crippen LogP contribution in [-0.2, 0) is 9.59 Å². The van der Waals surface area contributed by atoms with Crippen molar-refractivity contribution >= 4 is 24.2 Å². The van der Waals surface area contributed by atoms with Crippen LogP contribution >= 0.6 is 12.4 Å². The minimum atomic E-state index is -0.693. The fraction of sp³-hybridized carbons (Fsp3) is 0.857. The zero-order valence-corrected chi connectivity index (χ0v) is 13.0. The Morgan fingerprint density at radius 1 is 1.35 bits per heavy atom. The van der Waals surface area contributed by atoms with Gasteiger partial charge in [0.15, 0.2) is 0 Å². The normalized spacial score (nSPS) is 23.1. The second kappa shape index (κ2) is 7.27. The van der Waals surface area contributed by atoms with Crippen molar-refractivity contribution in [3.8, 4) is 0 Å². The lowest BCUT2D eigenvalue weighted by Gasteiger charge is -2.33. The van der Waals surface area contributed by atoms with Gasteiger partial charge in [-0.15, -0.1) is 12.4 Å². The van der Waals surface area contributed by atoms with E-state index < -0.39 is 5.54 Å². The van der Waals surface area contributed by atoms with E-state index in [1.165, 1.54) is 6.42 Å². The molecule has 1 saturated heterocycles. The van der Waals surface area contributed by atoms with Gasteiger partial charge in [0.1, 0.15) is 0 Å². The van der Waals surface area contributed by atoms with Gasteiger partial charge in [0.05, 0.1) is 5.54 Å². The van der Waals surface area contributed by atoms with Gasteiger partial charge in [-0.3, -0.25) is 9.59 Å². The number of halogens is 1. The summed E-state index contributed by atoms with van der Waals surface area (Å²) < 4.78 is 0. The van der Waals surface area contributed by atoms with E-state index in [1.54, 1.807) is 0 Å². The Bertz CT molecular complexity index is 356. The van der Waals surface area contributed by atoms with E-state index in [0.29, 0.717) is 13.0 Å². The summed E-state index contributed by atoms with van der Waals surface area (Å²) in [6.45, 7) is 3.35. The van der Waals surface area contributed by atoms with Crippen LogP contribution in [0.5, 0.6) is 0 Å². The molecule has 116 valence electrons. The minimum Gasteiger partial charge on any atom is -0.350 e. The molecule has 0 aromatic rings. The number of amides is 2. The molecule has 1 unspecified atom stereocenters. The molecule has 0 spiro atoms. The van der Waals surface area contributed by atoms with Crippen LogP contribution in [0.25, 0.3) is 0 Å². The highest BCUT2D eigenvalue weighted by Gasteiger charge is 2.36. The average molecular weight is 304 g/mol. The van der Waals surface area contributed by atoms with Crippen LogP contribution in [0.4, 0.5) is 0 Å². The Labute approximate surface area is 127 Å². The lowest BCUT2D eigenvalue weighted by atomic mass is 9.82. The van der Waals surface area contributed by atoms with Crippen LogP contribution in [-0.4, -0.2) is 41.4 Å².